The Labute approximate surface area is 110 Å². The van der Waals surface area contributed by atoms with Gasteiger partial charge in [-0.3, -0.25) is 4.79 Å². The van der Waals surface area contributed by atoms with Gasteiger partial charge in [0.25, 0.3) is 0 Å². The molecule has 0 amide bonds. The second-order valence-corrected chi connectivity index (χ2v) is 4.76. The summed E-state index contributed by atoms with van der Waals surface area (Å²) in [6, 6.07) is 4.59. The van der Waals surface area contributed by atoms with Gasteiger partial charge in [-0.25, -0.2) is 4.39 Å². The molecule has 92 valence electrons. The lowest BCUT2D eigenvalue weighted by atomic mass is 10.0. The van der Waals surface area contributed by atoms with Crippen LogP contribution in [0.2, 0.25) is 0 Å². The Kier molecular flexibility index (Phi) is 6.12. The molecule has 17 heavy (non-hydrogen) atoms. The molecule has 1 aromatic rings. The highest BCUT2D eigenvalue weighted by Gasteiger charge is 2.14. The Hall–Kier alpha value is -0.960. The summed E-state index contributed by atoms with van der Waals surface area (Å²) >= 11 is 3.21. The molecule has 0 unspecified atom stereocenters. The third-order valence-electron chi connectivity index (χ3n) is 2.55. The zero-order chi connectivity index (χ0) is 12.7. The van der Waals surface area contributed by atoms with Crippen LogP contribution in [0.25, 0.3) is 0 Å². The predicted octanol–water partition coefficient (Wildman–Crippen LogP) is 4.91. The minimum atomic E-state index is -0.449. The van der Waals surface area contributed by atoms with Crippen molar-refractivity contribution in [3.05, 3.63) is 46.7 Å². The first kappa shape index (κ1) is 14.1. The maximum Gasteiger partial charge on any atom is 0.166 e. The van der Waals surface area contributed by atoms with Crippen LogP contribution < -0.4 is 0 Å². The monoisotopic (exact) mass is 298 g/mol. The van der Waals surface area contributed by atoms with E-state index in [4.69, 9.17) is 0 Å². The van der Waals surface area contributed by atoms with Crippen molar-refractivity contribution in [2.75, 3.05) is 0 Å². The highest BCUT2D eigenvalue weighted by Crippen LogP contribution is 2.22. The summed E-state index contributed by atoms with van der Waals surface area (Å²) in [6.45, 7) is 3.64. The number of allylic oxidation sites excluding steroid dienone is 1. The third-order valence-corrected chi connectivity index (χ3v) is 3.21. The summed E-state index contributed by atoms with van der Waals surface area (Å²) in [5, 5.41) is 0. The highest BCUT2D eigenvalue weighted by atomic mass is 79.9. The van der Waals surface area contributed by atoms with Gasteiger partial charge in [0.2, 0.25) is 0 Å². The van der Waals surface area contributed by atoms with Crippen molar-refractivity contribution < 1.29 is 9.18 Å². The summed E-state index contributed by atoms with van der Waals surface area (Å²) in [5.74, 6) is -0.580. The SMILES string of the molecule is C=CCCCCCC(=O)c1c(F)cccc1Br. The van der Waals surface area contributed by atoms with Crippen LogP contribution in [0.3, 0.4) is 0 Å². The fraction of sp³-hybridized carbons (Fsp3) is 0.357. The van der Waals surface area contributed by atoms with Crippen molar-refractivity contribution in [3.63, 3.8) is 0 Å². The summed E-state index contributed by atoms with van der Waals surface area (Å²) in [7, 11) is 0. The lowest BCUT2D eigenvalue weighted by Crippen LogP contribution is -2.03. The topological polar surface area (TPSA) is 17.1 Å². The van der Waals surface area contributed by atoms with Crippen LogP contribution in [0.15, 0.2) is 35.3 Å². The lowest BCUT2D eigenvalue weighted by molar-refractivity contribution is 0.0974. The van der Waals surface area contributed by atoms with Gasteiger partial charge in [-0.15, -0.1) is 6.58 Å². The smallest absolute Gasteiger partial charge is 0.166 e. The molecule has 0 aliphatic heterocycles. The van der Waals surface area contributed by atoms with E-state index in [9.17, 15) is 9.18 Å². The second kappa shape index (κ2) is 7.38. The number of hydrogen-bond acceptors (Lipinski definition) is 1. The van der Waals surface area contributed by atoms with Crippen LogP contribution >= 0.6 is 15.9 Å². The summed E-state index contributed by atoms with van der Waals surface area (Å²) in [4.78, 5) is 11.8. The molecule has 0 atom stereocenters. The molecular formula is C14H16BrFO. The number of halogens is 2. The Bertz CT molecular complexity index is 381. The van der Waals surface area contributed by atoms with E-state index in [1.54, 1.807) is 12.1 Å². The first-order valence-corrected chi connectivity index (χ1v) is 6.54. The van der Waals surface area contributed by atoms with Gasteiger partial charge in [0, 0.05) is 10.9 Å². The fourth-order valence-corrected chi connectivity index (χ4v) is 2.20. The van der Waals surface area contributed by atoms with Crippen LogP contribution in [0, 0.1) is 5.82 Å². The van der Waals surface area contributed by atoms with Crippen molar-refractivity contribution in [1.29, 1.82) is 0 Å². The van der Waals surface area contributed by atoms with Gasteiger partial charge in [-0.1, -0.05) is 18.6 Å². The van der Waals surface area contributed by atoms with Crippen molar-refractivity contribution in [2.45, 2.75) is 32.1 Å². The first-order chi connectivity index (χ1) is 8.16. The molecule has 1 aromatic carbocycles. The lowest BCUT2D eigenvalue weighted by Gasteiger charge is -2.04. The molecule has 0 fully saturated rings. The van der Waals surface area contributed by atoms with Crippen molar-refractivity contribution >= 4 is 21.7 Å². The number of unbranched alkanes of at least 4 members (excludes halogenated alkanes) is 3. The molecule has 0 radical (unpaired) electrons. The molecule has 0 saturated heterocycles. The zero-order valence-corrected chi connectivity index (χ0v) is 11.3. The fourth-order valence-electron chi connectivity index (χ4n) is 1.64. The number of carbonyl (C=O) groups is 1. The average Bonchev–Trinajstić information content (AvgIpc) is 2.28. The number of ketones is 1. The maximum atomic E-state index is 13.5. The van der Waals surface area contributed by atoms with E-state index in [0.29, 0.717) is 10.9 Å². The molecule has 3 heteroatoms. The number of rotatable bonds is 7. The van der Waals surface area contributed by atoms with Crippen LogP contribution in [0.5, 0.6) is 0 Å². The molecule has 0 bridgehead atoms. The molecule has 0 spiro atoms. The molecule has 0 N–H and O–H groups in total. The van der Waals surface area contributed by atoms with E-state index in [2.05, 4.69) is 22.5 Å². The van der Waals surface area contributed by atoms with Gasteiger partial charge >= 0.3 is 0 Å². The van der Waals surface area contributed by atoms with Crippen LogP contribution in [-0.2, 0) is 0 Å². The van der Waals surface area contributed by atoms with Crippen molar-refractivity contribution in [2.24, 2.45) is 0 Å². The second-order valence-electron chi connectivity index (χ2n) is 3.91. The summed E-state index contributed by atoms with van der Waals surface area (Å²) < 4.78 is 14.0. The van der Waals surface area contributed by atoms with E-state index in [1.165, 1.54) is 6.07 Å². The zero-order valence-electron chi connectivity index (χ0n) is 9.72. The minimum absolute atomic E-state index is 0.131. The molecular weight excluding hydrogens is 283 g/mol. The molecule has 0 aliphatic rings. The molecule has 0 saturated carbocycles. The van der Waals surface area contributed by atoms with Crippen molar-refractivity contribution in [3.8, 4) is 0 Å². The Morgan fingerprint density at radius 2 is 2.12 bits per heavy atom. The van der Waals surface area contributed by atoms with Crippen LogP contribution in [0.1, 0.15) is 42.5 Å². The Morgan fingerprint density at radius 3 is 2.76 bits per heavy atom. The van der Waals surface area contributed by atoms with Gasteiger partial charge in [-0.05, 0) is 47.3 Å². The Balaban J connectivity index is 2.50. The van der Waals surface area contributed by atoms with Gasteiger partial charge in [-0.2, -0.15) is 0 Å². The summed E-state index contributed by atoms with van der Waals surface area (Å²) in [5.41, 5.74) is 0.177. The number of Topliss-reactive ketones (excluding diaryl/α,β-unsaturated/α-hetero) is 1. The van der Waals surface area contributed by atoms with E-state index >= 15 is 0 Å². The van der Waals surface area contributed by atoms with Crippen LogP contribution in [0.4, 0.5) is 4.39 Å². The molecule has 0 aliphatic carbocycles. The molecule has 1 nitrogen and oxygen atoms in total. The highest BCUT2D eigenvalue weighted by molar-refractivity contribution is 9.10. The van der Waals surface area contributed by atoms with Gasteiger partial charge < -0.3 is 0 Å². The van der Waals surface area contributed by atoms with Crippen molar-refractivity contribution in [1.82, 2.24) is 0 Å². The van der Waals surface area contributed by atoms with E-state index in [0.717, 1.165) is 25.7 Å². The molecule has 0 aromatic heterocycles. The van der Waals surface area contributed by atoms with E-state index in [1.807, 2.05) is 6.08 Å². The predicted molar refractivity (Wildman–Crippen MR) is 71.7 cm³/mol. The van der Waals surface area contributed by atoms with E-state index in [-0.39, 0.29) is 11.3 Å². The largest absolute Gasteiger partial charge is 0.294 e. The number of hydrogen-bond donors (Lipinski definition) is 0. The summed E-state index contributed by atoms with van der Waals surface area (Å²) in [6.07, 6.45) is 6.05. The van der Waals surface area contributed by atoms with E-state index < -0.39 is 5.82 Å². The normalized spacial score (nSPS) is 10.2. The third kappa shape index (κ3) is 4.43. The standard InChI is InChI=1S/C14H16BrFO/c1-2-3-4-5-6-10-13(17)14-11(15)8-7-9-12(14)16/h2,7-9H,1,3-6,10H2. The number of benzene rings is 1. The molecule has 1 rings (SSSR count). The quantitative estimate of drug-likeness (QED) is 0.397. The minimum Gasteiger partial charge on any atom is -0.294 e. The Morgan fingerprint density at radius 1 is 1.35 bits per heavy atom. The van der Waals surface area contributed by atoms with Gasteiger partial charge in [0.05, 0.1) is 5.56 Å². The van der Waals surface area contributed by atoms with Crippen LogP contribution in [-0.4, -0.2) is 5.78 Å². The van der Waals surface area contributed by atoms with Gasteiger partial charge in [0.15, 0.2) is 5.78 Å². The van der Waals surface area contributed by atoms with Gasteiger partial charge in [0.1, 0.15) is 5.82 Å². The maximum absolute atomic E-state index is 13.5. The first-order valence-electron chi connectivity index (χ1n) is 5.75. The average molecular weight is 299 g/mol. The number of carbonyl (C=O) groups excluding carboxylic acids is 1. The molecule has 0 heterocycles.